The first-order valence-electron chi connectivity index (χ1n) is 2.06. The molecule has 1 saturated heterocycles. The van der Waals surface area contributed by atoms with E-state index in [1.54, 1.807) is 0 Å². The summed E-state index contributed by atoms with van der Waals surface area (Å²) in [7, 11) is 0. The molecule has 1 heterocycles. The van der Waals surface area contributed by atoms with Crippen molar-refractivity contribution in [3.05, 3.63) is 0 Å². The van der Waals surface area contributed by atoms with E-state index in [9.17, 15) is 0 Å². The molecule has 0 saturated carbocycles. The highest BCUT2D eigenvalue weighted by Crippen LogP contribution is 2.19. The first-order valence-corrected chi connectivity index (χ1v) is 2.98. The first kappa shape index (κ1) is 4.60. The summed E-state index contributed by atoms with van der Waals surface area (Å²) in [6, 6.07) is 0. The van der Waals surface area contributed by atoms with Gasteiger partial charge in [0, 0.05) is 4.83 Å². The summed E-state index contributed by atoms with van der Waals surface area (Å²) < 4.78 is 4.92. The van der Waals surface area contributed by atoms with E-state index < -0.39 is 0 Å². The Morgan fingerprint density at radius 2 is 2.50 bits per heavy atom. The lowest BCUT2D eigenvalue weighted by atomic mass is 10.4. The van der Waals surface area contributed by atoms with E-state index in [0.29, 0.717) is 10.9 Å². The van der Waals surface area contributed by atoms with Gasteiger partial charge in [0.1, 0.15) is 0 Å². The molecular formula is C4H7BrO. The van der Waals surface area contributed by atoms with E-state index in [-0.39, 0.29) is 0 Å². The zero-order valence-electron chi connectivity index (χ0n) is 3.65. The number of rotatable bonds is 1. The fourth-order valence-corrected chi connectivity index (χ4v) is 0.626. The lowest BCUT2D eigenvalue weighted by Crippen LogP contribution is -1.97. The number of halogens is 1. The van der Waals surface area contributed by atoms with Crippen LogP contribution in [-0.2, 0) is 4.74 Å². The van der Waals surface area contributed by atoms with Gasteiger partial charge in [-0.2, -0.15) is 0 Å². The van der Waals surface area contributed by atoms with Crippen molar-refractivity contribution in [3.63, 3.8) is 0 Å². The largest absolute Gasteiger partial charge is 0.372 e. The van der Waals surface area contributed by atoms with Gasteiger partial charge >= 0.3 is 0 Å². The molecule has 1 nitrogen and oxygen atoms in total. The molecule has 0 unspecified atom stereocenters. The molecule has 0 amide bonds. The monoisotopic (exact) mass is 150 g/mol. The Kier molecular flexibility index (Phi) is 1.15. The van der Waals surface area contributed by atoms with Gasteiger partial charge in [-0.05, 0) is 0 Å². The van der Waals surface area contributed by atoms with Crippen molar-refractivity contribution in [2.75, 3.05) is 6.61 Å². The molecule has 6 heavy (non-hydrogen) atoms. The van der Waals surface area contributed by atoms with Crippen molar-refractivity contribution in [1.82, 2.24) is 0 Å². The molecule has 36 valence electrons. The first-order chi connectivity index (χ1) is 2.80. The second kappa shape index (κ2) is 1.51. The average molecular weight is 151 g/mol. The SMILES string of the molecule is C[C@@H](Br)[C@@H]1CO1. The van der Waals surface area contributed by atoms with Crippen LogP contribution < -0.4 is 0 Å². The van der Waals surface area contributed by atoms with Gasteiger partial charge in [0.15, 0.2) is 0 Å². The second-order valence-electron chi connectivity index (χ2n) is 1.55. The molecule has 1 fully saturated rings. The molecule has 1 rings (SSSR count). The van der Waals surface area contributed by atoms with Gasteiger partial charge < -0.3 is 4.74 Å². The average Bonchev–Trinajstić information content (AvgIpc) is 2.06. The molecule has 0 bridgehead atoms. The van der Waals surface area contributed by atoms with Gasteiger partial charge in [0.05, 0.1) is 12.7 Å². The summed E-state index contributed by atoms with van der Waals surface area (Å²) in [6.07, 6.45) is 0.519. The number of hydrogen-bond acceptors (Lipinski definition) is 1. The van der Waals surface area contributed by atoms with Crippen molar-refractivity contribution >= 4 is 15.9 Å². The minimum Gasteiger partial charge on any atom is -0.372 e. The number of hydrogen-bond donors (Lipinski definition) is 0. The summed E-state index contributed by atoms with van der Waals surface area (Å²) in [5.74, 6) is 0. The lowest BCUT2D eigenvalue weighted by molar-refractivity contribution is 0.409. The van der Waals surface area contributed by atoms with Crippen molar-refractivity contribution in [3.8, 4) is 0 Å². The number of alkyl halides is 1. The Hall–Kier alpha value is 0.440. The fraction of sp³-hybridized carbons (Fsp3) is 1.00. The second-order valence-corrected chi connectivity index (χ2v) is 2.99. The van der Waals surface area contributed by atoms with Gasteiger partial charge in [-0.3, -0.25) is 0 Å². The fourth-order valence-electron chi connectivity index (χ4n) is 0.321. The maximum absolute atomic E-state index is 4.92. The molecule has 0 N–H and O–H groups in total. The van der Waals surface area contributed by atoms with Gasteiger partial charge in [-0.1, -0.05) is 22.9 Å². The highest BCUT2D eigenvalue weighted by Gasteiger charge is 2.26. The lowest BCUT2D eigenvalue weighted by Gasteiger charge is -1.88. The Morgan fingerprint density at radius 1 is 2.00 bits per heavy atom. The van der Waals surface area contributed by atoms with Crippen molar-refractivity contribution in [2.45, 2.75) is 17.9 Å². The van der Waals surface area contributed by atoms with Crippen LogP contribution in [0.3, 0.4) is 0 Å². The standard InChI is InChI=1S/C4H7BrO/c1-3(5)4-2-6-4/h3-4H,2H2,1H3/t3-,4+/m1/s1. The van der Waals surface area contributed by atoms with E-state index in [1.165, 1.54) is 0 Å². The zero-order valence-corrected chi connectivity index (χ0v) is 5.23. The van der Waals surface area contributed by atoms with Crippen LogP contribution in [-0.4, -0.2) is 17.5 Å². The van der Waals surface area contributed by atoms with Crippen molar-refractivity contribution < 1.29 is 4.74 Å². The number of epoxide rings is 1. The van der Waals surface area contributed by atoms with Crippen LogP contribution >= 0.6 is 15.9 Å². The topological polar surface area (TPSA) is 12.5 Å². The van der Waals surface area contributed by atoms with Crippen molar-refractivity contribution in [2.24, 2.45) is 0 Å². The molecule has 0 aromatic heterocycles. The molecule has 0 aromatic carbocycles. The van der Waals surface area contributed by atoms with Gasteiger partial charge in [0.25, 0.3) is 0 Å². The predicted octanol–water partition coefficient (Wildman–Crippen LogP) is 1.17. The third kappa shape index (κ3) is 0.949. The molecule has 1 aliphatic rings. The smallest absolute Gasteiger partial charge is 0.0931 e. The molecule has 0 spiro atoms. The maximum atomic E-state index is 4.92. The number of ether oxygens (including phenoxy) is 1. The highest BCUT2D eigenvalue weighted by molar-refractivity contribution is 9.09. The molecular weight excluding hydrogens is 144 g/mol. The summed E-state index contributed by atoms with van der Waals surface area (Å²) in [5.41, 5.74) is 0. The van der Waals surface area contributed by atoms with Crippen LogP contribution in [0.25, 0.3) is 0 Å². The summed E-state index contributed by atoms with van der Waals surface area (Å²) >= 11 is 3.38. The van der Waals surface area contributed by atoms with E-state index >= 15 is 0 Å². The normalized spacial score (nSPS) is 36.0. The Labute approximate surface area is 45.8 Å². The van der Waals surface area contributed by atoms with Crippen LogP contribution in [0.4, 0.5) is 0 Å². The zero-order chi connectivity index (χ0) is 4.57. The molecule has 2 heteroatoms. The molecule has 1 aliphatic heterocycles. The van der Waals surface area contributed by atoms with E-state index in [1.807, 2.05) is 0 Å². The molecule has 0 aliphatic carbocycles. The Balaban J connectivity index is 2.13. The van der Waals surface area contributed by atoms with Crippen LogP contribution in [0.5, 0.6) is 0 Å². The minimum absolute atomic E-state index is 0.519. The van der Waals surface area contributed by atoms with Gasteiger partial charge in [-0.25, -0.2) is 0 Å². The van der Waals surface area contributed by atoms with Crippen molar-refractivity contribution in [1.29, 1.82) is 0 Å². The summed E-state index contributed by atoms with van der Waals surface area (Å²) in [4.78, 5) is 0.553. The van der Waals surface area contributed by atoms with Gasteiger partial charge in [0.2, 0.25) is 0 Å². The van der Waals surface area contributed by atoms with Crippen LogP contribution in [0.1, 0.15) is 6.92 Å². The van der Waals surface area contributed by atoms with Crippen LogP contribution in [0.2, 0.25) is 0 Å². The van der Waals surface area contributed by atoms with E-state index in [2.05, 4.69) is 22.9 Å². The summed E-state index contributed by atoms with van der Waals surface area (Å²) in [5, 5.41) is 0. The van der Waals surface area contributed by atoms with Crippen LogP contribution in [0, 0.1) is 0 Å². The summed E-state index contributed by atoms with van der Waals surface area (Å²) in [6.45, 7) is 3.05. The molecule has 2 atom stereocenters. The Morgan fingerprint density at radius 3 is 2.50 bits per heavy atom. The van der Waals surface area contributed by atoms with E-state index in [0.717, 1.165) is 6.61 Å². The third-order valence-electron chi connectivity index (χ3n) is 0.871. The Bertz CT molecular complexity index is 49.5. The predicted molar refractivity (Wildman–Crippen MR) is 28.1 cm³/mol. The van der Waals surface area contributed by atoms with E-state index in [4.69, 9.17) is 4.74 Å². The minimum atomic E-state index is 0.519. The third-order valence-corrected chi connectivity index (χ3v) is 1.46. The molecule has 0 aromatic rings. The maximum Gasteiger partial charge on any atom is 0.0931 e. The quantitative estimate of drug-likeness (QED) is 0.404. The van der Waals surface area contributed by atoms with Gasteiger partial charge in [-0.15, -0.1) is 0 Å². The molecule has 0 radical (unpaired) electrons. The van der Waals surface area contributed by atoms with Crippen LogP contribution in [0.15, 0.2) is 0 Å². The highest BCUT2D eigenvalue weighted by atomic mass is 79.9.